The predicted octanol–water partition coefficient (Wildman–Crippen LogP) is 6.18. The van der Waals surface area contributed by atoms with E-state index in [1.54, 1.807) is 0 Å². The fraction of sp³-hybridized carbons (Fsp3) is 0.160. The molecule has 3 aromatic carbocycles. The molecule has 0 aliphatic heterocycles. The van der Waals surface area contributed by atoms with E-state index in [9.17, 15) is 0 Å². The lowest BCUT2D eigenvalue weighted by molar-refractivity contribution is 0.796. The molecule has 3 rings (SSSR count). The Morgan fingerprint density at radius 2 is 1.26 bits per heavy atom. The molecule has 6 nitrogen and oxygen atoms in total. The standard InChI is InChI=1S/C25H22N6/c26-17-7-19-31(20-8-18-27)24-15-13-21(14-16-24)25(28-22-9-3-1-4-10-22)30-29-23-11-5-2-6-12-23/h1-6,9-16H,7-8,19-20H2. The van der Waals surface area contributed by atoms with Crippen LogP contribution in [0.1, 0.15) is 18.4 Å². The Morgan fingerprint density at radius 3 is 1.81 bits per heavy atom. The molecule has 0 fully saturated rings. The van der Waals surface area contributed by atoms with Crippen LogP contribution < -0.4 is 4.90 Å². The van der Waals surface area contributed by atoms with Gasteiger partial charge in [-0.2, -0.15) is 10.5 Å². The number of aliphatic imine (C=N–C) groups is 1. The van der Waals surface area contributed by atoms with Crippen molar-refractivity contribution in [1.82, 2.24) is 0 Å². The van der Waals surface area contributed by atoms with Crippen LogP contribution in [0.15, 0.2) is 100 Å². The molecule has 0 spiro atoms. The number of benzene rings is 3. The summed E-state index contributed by atoms with van der Waals surface area (Å²) in [6.07, 6.45) is 0.804. The third-order valence-electron chi connectivity index (χ3n) is 4.49. The van der Waals surface area contributed by atoms with Gasteiger partial charge in [-0.3, -0.25) is 0 Å². The van der Waals surface area contributed by atoms with Crippen LogP contribution in [0.3, 0.4) is 0 Å². The normalized spacial score (nSPS) is 11.1. The maximum Gasteiger partial charge on any atom is 0.182 e. The summed E-state index contributed by atoms with van der Waals surface area (Å²) in [6, 6.07) is 31.3. The summed E-state index contributed by atoms with van der Waals surface area (Å²) in [7, 11) is 0. The van der Waals surface area contributed by atoms with Crippen molar-refractivity contribution in [2.45, 2.75) is 12.8 Å². The summed E-state index contributed by atoms with van der Waals surface area (Å²) in [5, 5.41) is 26.6. The van der Waals surface area contributed by atoms with E-state index in [4.69, 9.17) is 10.5 Å². The molecule has 0 saturated heterocycles. The highest BCUT2D eigenvalue weighted by molar-refractivity contribution is 6.01. The van der Waals surface area contributed by atoms with E-state index in [1.165, 1.54) is 0 Å². The average molecular weight is 406 g/mol. The van der Waals surface area contributed by atoms with Gasteiger partial charge in [0.25, 0.3) is 0 Å². The highest BCUT2D eigenvalue weighted by Crippen LogP contribution is 2.20. The first-order valence-corrected chi connectivity index (χ1v) is 10.00. The van der Waals surface area contributed by atoms with Crippen molar-refractivity contribution in [2.75, 3.05) is 18.0 Å². The van der Waals surface area contributed by atoms with Crippen molar-refractivity contribution in [3.8, 4) is 12.1 Å². The Hall–Kier alpha value is -4.29. The third-order valence-corrected chi connectivity index (χ3v) is 4.49. The Balaban J connectivity index is 1.90. The van der Waals surface area contributed by atoms with Crippen molar-refractivity contribution in [3.63, 3.8) is 0 Å². The van der Waals surface area contributed by atoms with Crippen LogP contribution in [0.4, 0.5) is 17.1 Å². The zero-order valence-electron chi connectivity index (χ0n) is 17.1. The second-order valence-electron chi connectivity index (χ2n) is 6.66. The quantitative estimate of drug-likeness (QED) is 0.254. The van der Waals surface area contributed by atoms with E-state index in [1.807, 2.05) is 89.8 Å². The van der Waals surface area contributed by atoms with Gasteiger partial charge < -0.3 is 4.90 Å². The minimum absolute atomic E-state index is 0.402. The summed E-state index contributed by atoms with van der Waals surface area (Å²) >= 11 is 0. The molecule has 0 heterocycles. The number of anilines is 1. The Kier molecular flexibility index (Phi) is 8.05. The van der Waals surface area contributed by atoms with Gasteiger partial charge in [-0.15, -0.1) is 10.2 Å². The van der Waals surface area contributed by atoms with Crippen LogP contribution in [-0.4, -0.2) is 18.9 Å². The number of nitriles is 2. The van der Waals surface area contributed by atoms with Crippen molar-refractivity contribution < 1.29 is 0 Å². The first kappa shape index (κ1) is 21.4. The van der Waals surface area contributed by atoms with Crippen molar-refractivity contribution in [2.24, 2.45) is 15.2 Å². The highest BCUT2D eigenvalue weighted by Gasteiger charge is 2.09. The Labute approximate surface area is 182 Å². The minimum Gasteiger partial charge on any atom is -0.369 e. The summed E-state index contributed by atoms with van der Waals surface area (Å²) in [4.78, 5) is 6.71. The maximum atomic E-state index is 8.92. The minimum atomic E-state index is 0.402. The molecule has 0 aromatic heterocycles. The predicted molar refractivity (Wildman–Crippen MR) is 123 cm³/mol. The number of para-hydroxylation sites is 1. The van der Waals surface area contributed by atoms with Gasteiger partial charge in [0.2, 0.25) is 0 Å². The van der Waals surface area contributed by atoms with E-state index in [2.05, 4.69) is 27.4 Å². The molecule has 0 aliphatic rings. The average Bonchev–Trinajstić information content (AvgIpc) is 2.83. The molecular weight excluding hydrogens is 384 g/mol. The summed E-state index contributed by atoms with van der Waals surface area (Å²) in [6.45, 7) is 1.16. The molecule has 152 valence electrons. The molecule has 0 radical (unpaired) electrons. The van der Waals surface area contributed by atoms with Gasteiger partial charge in [-0.25, -0.2) is 4.99 Å². The monoisotopic (exact) mass is 406 g/mol. The lowest BCUT2D eigenvalue weighted by Crippen LogP contribution is -2.25. The van der Waals surface area contributed by atoms with Gasteiger partial charge in [-0.1, -0.05) is 36.4 Å². The maximum absolute atomic E-state index is 8.92. The number of hydrogen-bond donors (Lipinski definition) is 0. The lowest BCUT2D eigenvalue weighted by atomic mass is 10.1. The zero-order valence-corrected chi connectivity index (χ0v) is 17.1. The van der Waals surface area contributed by atoms with Crippen LogP contribution in [0.2, 0.25) is 0 Å². The van der Waals surface area contributed by atoms with E-state index in [0.29, 0.717) is 31.8 Å². The molecule has 0 unspecified atom stereocenters. The first-order valence-electron chi connectivity index (χ1n) is 10.00. The van der Waals surface area contributed by atoms with Gasteiger partial charge in [0.15, 0.2) is 5.84 Å². The van der Waals surface area contributed by atoms with E-state index in [0.717, 1.165) is 22.6 Å². The Morgan fingerprint density at radius 1 is 0.710 bits per heavy atom. The van der Waals surface area contributed by atoms with Crippen LogP contribution in [0, 0.1) is 22.7 Å². The molecule has 0 atom stereocenters. The second kappa shape index (κ2) is 11.6. The van der Waals surface area contributed by atoms with Crippen molar-refractivity contribution >= 4 is 22.9 Å². The number of rotatable bonds is 8. The van der Waals surface area contributed by atoms with Gasteiger partial charge in [0, 0.05) is 24.3 Å². The second-order valence-corrected chi connectivity index (χ2v) is 6.66. The fourth-order valence-electron chi connectivity index (χ4n) is 2.93. The largest absolute Gasteiger partial charge is 0.369 e. The van der Waals surface area contributed by atoms with Gasteiger partial charge in [0.1, 0.15) is 0 Å². The molecule has 0 bridgehead atoms. The molecule has 6 heteroatoms. The smallest absolute Gasteiger partial charge is 0.182 e. The first-order chi connectivity index (χ1) is 15.3. The summed E-state index contributed by atoms with van der Waals surface area (Å²) in [5.74, 6) is 0.502. The molecule has 31 heavy (non-hydrogen) atoms. The van der Waals surface area contributed by atoms with Gasteiger partial charge in [0.05, 0.1) is 36.4 Å². The molecule has 0 saturated carbocycles. The van der Waals surface area contributed by atoms with E-state index in [-0.39, 0.29) is 0 Å². The SMILES string of the molecule is N#CCCN(CCC#N)c1ccc(C(N=Nc2ccccc2)=Nc2ccccc2)cc1. The molecule has 3 aromatic rings. The van der Waals surface area contributed by atoms with Crippen molar-refractivity contribution in [1.29, 1.82) is 10.5 Å². The molecule has 0 aliphatic carbocycles. The van der Waals surface area contributed by atoms with Crippen LogP contribution in [0.25, 0.3) is 0 Å². The lowest BCUT2D eigenvalue weighted by Gasteiger charge is -2.22. The summed E-state index contributed by atoms with van der Waals surface area (Å²) in [5.41, 5.74) is 3.32. The topological polar surface area (TPSA) is 87.9 Å². The number of amidine groups is 1. The number of hydrogen-bond acceptors (Lipinski definition) is 5. The van der Waals surface area contributed by atoms with Gasteiger partial charge >= 0.3 is 0 Å². The highest BCUT2D eigenvalue weighted by atomic mass is 15.1. The number of azo groups is 1. The number of nitrogens with zero attached hydrogens (tertiary/aromatic N) is 6. The third kappa shape index (κ3) is 6.62. The van der Waals surface area contributed by atoms with Crippen LogP contribution in [-0.2, 0) is 0 Å². The molecule has 0 amide bonds. The van der Waals surface area contributed by atoms with Gasteiger partial charge in [-0.05, 0) is 48.5 Å². The van der Waals surface area contributed by atoms with E-state index >= 15 is 0 Å². The molecular formula is C25H22N6. The van der Waals surface area contributed by atoms with Crippen LogP contribution >= 0.6 is 0 Å². The fourth-order valence-corrected chi connectivity index (χ4v) is 2.93. The van der Waals surface area contributed by atoms with Crippen LogP contribution in [0.5, 0.6) is 0 Å². The zero-order chi connectivity index (χ0) is 21.7. The summed E-state index contributed by atoms with van der Waals surface area (Å²) < 4.78 is 0. The van der Waals surface area contributed by atoms with E-state index < -0.39 is 0 Å². The Bertz CT molecular complexity index is 1070. The molecule has 0 N–H and O–H groups in total. The van der Waals surface area contributed by atoms with Crippen molar-refractivity contribution in [3.05, 3.63) is 90.5 Å².